The molecule has 1 aromatic rings. The molecule has 1 aromatic heterocycles. The van der Waals surface area contributed by atoms with Gasteiger partial charge in [-0.2, -0.15) is 0 Å². The van der Waals surface area contributed by atoms with E-state index in [0.717, 1.165) is 25.0 Å². The zero-order chi connectivity index (χ0) is 9.10. The highest BCUT2D eigenvalue weighted by atomic mass is 16.1. The zero-order valence-electron chi connectivity index (χ0n) is 7.44. The van der Waals surface area contributed by atoms with E-state index in [2.05, 4.69) is 9.97 Å². The Bertz CT molecular complexity index is 293. The maximum absolute atomic E-state index is 11.3. The first-order valence-electron chi connectivity index (χ1n) is 4.64. The van der Waals surface area contributed by atoms with Gasteiger partial charge in [0.25, 0.3) is 0 Å². The highest BCUT2D eigenvalue weighted by Gasteiger charge is 2.28. The molecule has 68 valence electrons. The molecule has 1 aliphatic rings. The number of aromatic nitrogens is 2. The molecular weight excluding hydrogens is 164 g/mol. The Kier molecular flexibility index (Phi) is 2.34. The van der Waals surface area contributed by atoms with Crippen molar-refractivity contribution in [3.63, 3.8) is 0 Å². The van der Waals surface area contributed by atoms with Crippen LogP contribution in [0.15, 0.2) is 18.6 Å². The molecule has 1 aliphatic carbocycles. The summed E-state index contributed by atoms with van der Waals surface area (Å²) in [7, 11) is 0. The van der Waals surface area contributed by atoms with E-state index >= 15 is 0 Å². The number of hydrogen-bond acceptors (Lipinski definition) is 3. The average molecular weight is 176 g/mol. The fourth-order valence-electron chi connectivity index (χ4n) is 1.32. The van der Waals surface area contributed by atoms with Crippen LogP contribution < -0.4 is 0 Å². The molecule has 0 N–H and O–H groups in total. The van der Waals surface area contributed by atoms with Crippen molar-refractivity contribution in [1.29, 1.82) is 0 Å². The van der Waals surface area contributed by atoms with Crippen molar-refractivity contribution in [2.45, 2.75) is 25.7 Å². The van der Waals surface area contributed by atoms with E-state index in [1.807, 2.05) is 0 Å². The van der Waals surface area contributed by atoms with Crippen molar-refractivity contribution in [2.24, 2.45) is 5.92 Å². The van der Waals surface area contributed by atoms with Gasteiger partial charge in [-0.15, -0.1) is 0 Å². The minimum Gasteiger partial charge on any atom is -0.299 e. The molecule has 3 heteroatoms. The summed E-state index contributed by atoms with van der Waals surface area (Å²) < 4.78 is 0. The minimum absolute atomic E-state index is 0.372. The molecule has 0 bridgehead atoms. The summed E-state index contributed by atoms with van der Waals surface area (Å²) in [4.78, 5) is 19.4. The van der Waals surface area contributed by atoms with Gasteiger partial charge < -0.3 is 0 Å². The van der Waals surface area contributed by atoms with E-state index in [1.165, 1.54) is 0 Å². The highest BCUT2D eigenvalue weighted by Crippen LogP contribution is 2.31. The van der Waals surface area contributed by atoms with Crippen LogP contribution in [0.4, 0.5) is 0 Å². The molecule has 0 atom stereocenters. The fraction of sp³-hybridized carbons (Fsp3) is 0.500. The molecule has 1 heterocycles. The third-order valence-electron chi connectivity index (χ3n) is 2.28. The molecule has 1 fully saturated rings. The molecule has 3 nitrogen and oxygen atoms in total. The smallest absolute Gasteiger partial charge is 0.136 e. The van der Waals surface area contributed by atoms with E-state index in [9.17, 15) is 4.79 Å². The molecule has 13 heavy (non-hydrogen) atoms. The third kappa shape index (κ3) is 2.34. The zero-order valence-corrected chi connectivity index (χ0v) is 7.44. The van der Waals surface area contributed by atoms with E-state index in [4.69, 9.17) is 0 Å². The van der Waals surface area contributed by atoms with Crippen LogP contribution in [0.2, 0.25) is 0 Å². The van der Waals surface area contributed by atoms with Gasteiger partial charge in [-0.1, -0.05) is 0 Å². The number of ketones is 1. The summed E-state index contributed by atoms with van der Waals surface area (Å²) in [6.07, 6.45) is 8.59. The largest absolute Gasteiger partial charge is 0.299 e. The maximum Gasteiger partial charge on any atom is 0.136 e. The van der Waals surface area contributed by atoms with Gasteiger partial charge in [0, 0.05) is 30.9 Å². The van der Waals surface area contributed by atoms with Crippen LogP contribution in [-0.4, -0.2) is 15.8 Å². The fourth-order valence-corrected chi connectivity index (χ4v) is 1.32. The van der Waals surface area contributed by atoms with Gasteiger partial charge in [-0.05, 0) is 19.3 Å². The Morgan fingerprint density at radius 2 is 2.31 bits per heavy atom. The average Bonchev–Trinajstić information content (AvgIpc) is 2.99. The number of nitrogens with zero attached hydrogens (tertiary/aromatic N) is 2. The topological polar surface area (TPSA) is 42.9 Å². The van der Waals surface area contributed by atoms with E-state index in [-0.39, 0.29) is 0 Å². The lowest BCUT2D eigenvalue weighted by Gasteiger charge is -1.97. The van der Waals surface area contributed by atoms with Crippen LogP contribution in [-0.2, 0) is 11.2 Å². The Labute approximate surface area is 77.2 Å². The number of carbonyl (C=O) groups is 1. The molecule has 0 unspecified atom stereocenters. The molecule has 1 saturated carbocycles. The standard InChI is InChI=1S/C10H12N2O/c13-10(8-1-2-8)4-3-9-7-11-5-6-12-9/h5-8H,1-4H2. The number of aryl methyl sites for hydroxylation is 1. The second-order valence-corrected chi connectivity index (χ2v) is 3.44. The lowest BCUT2D eigenvalue weighted by Crippen LogP contribution is -2.03. The van der Waals surface area contributed by atoms with Crippen molar-refractivity contribution in [2.75, 3.05) is 0 Å². The van der Waals surface area contributed by atoms with Crippen molar-refractivity contribution < 1.29 is 4.79 Å². The normalized spacial score (nSPS) is 15.7. The molecule has 0 aromatic carbocycles. The number of Topliss-reactive ketones (excluding diaryl/α,β-unsaturated/α-hetero) is 1. The van der Waals surface area contributed by atoms with Gasteiger partial charge in [0.2, 0.25) is 0 Å². The summed E-state index contributed by atoms with van der Waals surface area (Å²) in [6, 6.07) is 0. The number of carbonyl (C=O) groups excluding carboxylic acids is 1. The van der Waals surface area contributed by atoms with Gasteiger partial charge in [0.15, 0.2) is 0 Å². The number of hydrogen-bond donors (Lipinski definition) is 0. The summed E-state index contributed by atoms with van der Waals surface area (Å²) >= 11 is 0. The van der Waals surface area contributed by atoms with E-state index in [1.54, 1.807) is 18.6 Å². The molecular formula is C10H12N2O. The summed E-state index contributed by atoms with van der Waals surface area (Å²) in [5, 5.41) is 0. The van der Waals surface area contributed by atoms with Crippen molar-refractivity contribution in [1.82, 2.24) is 9.97 Å². The molecule has 0 radical (unpaired) electrons. The minimum atomic E-state index is 0.372. The molecule has 0 aliphatic heterocycles. The van der Waals surface area contributed by atoms with Crippen LogP contribution in [0.5, 0.6) is 0 Å². The van der Waals surface area contributed by atoms with Crippen LogP contribution in [0, 0.1) is 5.92 Å². The lowest BCUT2D eigenvalue weighted by atomic mass is 10.1. The molecule has 0 amide bonds. The lowest BCUT2D eigenvalue weighted by molar-refractivity contribution is -0.120. The number of rotatable bonds is 4. The van der Waals surface area contributed by atoms with Gasteiger partial charge >= 0.3 is 0 Å². The van der Waals surface area contributed by atoms with Gasteiger partial charge in [0.05, 0.1) is 5.69 Å². The molecule has 2 rings (SSSR count). The monoisotopic (exact) mass is 176 g/mol. The Balaban J connectivity index is 1.82. The first-order chi connectivity index (χ1) is 6.36. The van der Waals surface area contributed by atoms with Crippen LogP contribution in [0.25, 0.3) is 0 Å². The SMILES string of the molecule is O=C(CCc1cnccn1)C1CC1. The Morgan fingerprint density at radius 1 is 1.46 bits per heavy atom. The summed E-state index contributed by atoms with van der Waals surface area (Å²) in [5.74, 6) is 0.766. The highest BCUT2D eigenvalue weighted by molar-refractivity contribution is 5.83. The van der Waals surface area contributed by atoms with Crippen molar-refractivity contribution in [3.8, 4) is 0 Å². The van der Waals surface area contributed by atoms with Crippen LogP contribution in [0.1, 0.15) is 25.0 Å². The van der Waals surface area contributed by atoms with Crippen molar-refractivity contribution >= 4 is 5.78 Å². The van der Waals surface area contributed by atoms with Gasteiger partial charge in [-0.25, -0.2) is 0 Å². The van der Waals surface area contributed by atoms with Gasteiger partial charge in [-0.3, -0.25) is 14.8 Å². The van der Waals surface area contributed by atoms with Crippen LogP contribution >= 0.6 is 0 Å². The Morgan fingerprint density at radius 3 is 2.92 bits per heavy atom. The molecule has 0 spiro atoms. The van der Waals surface area contributed by atoms with E-state index < -0.39 is 0 Å². The quantitative estimate of drug-likeness (QED) is 0.696. The van der Waals surface area contributed by atoms with Gasteiger partial charge in [0.1, 0.15) is 5.78 Å². The second kappa shape index (κ2) is 3.64. The predicted molar refractivity (Wildman–Crippen MR) is 48.1 cm³/mol. The van der Waals surface area contributed by atoms with E-state index in [0.29, 0.717) is 18.1 Å². The maximum atomic E-state index is 11.3. The second-order valence-electron chi connectivity index (χ2n) is 3.44. The predicted octanol–water partition coefficient (Wildman–Crippen LogP) is 1.39. The first kappa shape index (κ1) is 8.35. The van der Waals surface area contributed by atoms with Crippen LogP contribution in [0.3, 0.4) is 0 Å². The first-order valence-corrected chi connectivity index (χ1v) is 4.64. The Hall–Kier alpha value is -1.25. The summed E-state index contributed by atoms with van der Waals surface area (Å²) in [6.45, 7) is 0. The summed E-state index contributed by atoms with van der Waals surface area (Å²) in [5.41, 5.74) is 0.913. The molecule has 0 saturated heterocycles. The van der Waals surface area contributed by atoms with Crippen molar-refractivity contribution in [3.05, 3.63) is 24.3 Å². The third-order valence-corrected chi connectivity index (χ3v) is 2.28.